The van der Waals surface area contributed by atoms with E-state index in [4.69, 9.17) is 4.74 Å². The molecule has 0 aromatic heterocycles. The van der Waals surface area contributed by atoms with Crippen molar-refractivity contribution in [1.82, 2.24) is 5.32 Å². The Bertz CT molecular complexity index is 707. The van der Waals surface area contributed by atoms with Crippen molar-refractivity contribution in [3.63, 3.8) is 0 Å². The summed E-state index contributed by atoms with van der Waals surface area (Å²) in [5.41, 5.74) is 1.13. The molecular formula is C16H16N2O2. The van der Waals surface area contributed by atoms with Gasteiger partial charge in [0.1, 0.15) is 17.6 Å². The summed E-state index contributed by atoms with van der Waals surface area (Å²) in [4.78, 5) is 15.8. The number of fused-ring (bicyclic) bond motifs is 1. The number of amides is 1. The summed E-state index contributed by atoms with van der Waals surface area (Å²) in [5.74, 6) is 1.53. The normalized spacial score (nSPS) is 18.0. The Balaban J connectivity index is 1.99. The van der Waals surface area contributed by atoms with Gasteiger partial charge in [-0.25, -0.2) is 0 Å². The molecular weight excluding hydrogens is 252 g/mol. The molecule has 0 spiro atoms. The molecule has 0 fully saturated rings. The molecule has 20 heavy (non-hydrogen) atoms. The summed E-state index contributed by atoms with van der Waals surface area (Å²) >= 11 is 0. The molecule has 1 aliphatic heterocycles. The summed E-state index contributed by atoms with van der Waals surface area (Å²) in [5, 5.41) is 5.11. The van der Waals surface area contributed by atoms with Gasteiger partial charge in [0.2, 0.25) is 5.91 Å². The lowest BCUT2D eigenvalue weighted by molar-refractivity contribution is -0.119. The second-order valence-corrected chi connectivity index (χ2v) is 4.92. The topological polar surface area (TPSA) is 50.7 Å². The van der Waals surface area contributed by atoms with Crippen molar-refractivity contribution in [2.24, 2.45) is 4.99 Å². The van der Waals surface area contributed by atoms with E-state index in [1.165, 1.54) is 0 Å². The van der Waals surface area contributed by atoms with E-state index < -0.39 is 0 Å². The standard InChI is InChI=1S/C16H16N2O2/c1-10-16(19)18-15(17-10)8-12-5-3-4-11-6-7-13(20-2)9-14(11)12/h3-7,9-10H,8H2,1-2H3,(H,17,18,19). The fourth-order valence-electron chi connectivity index (χ4n) is 2.44. The number of carbonyl (C=O) groups excluding carboxylic acids is 1. The smallest absolute Gasteiger partial charge is 0.249 e. The molecule has 1 N–H and O–H groups in total. The van der Waals surface area contributed by atoms with Crippen LogP contribution >= 0.6 is 0 Å². The van der Waals surface area contributed by atoms with Crippen LogP contribution in [0.3, 0.4) is 0 Å². The monoisotopic (exact) mass is 268 g/mol. The minimum absolute atomic E-state index is 0.0298. The zero-order chi connectivity index (χ0) is 14.1. The number of methoxy groups -OCH3 is 1. The maximum Gasteiger partial charge on any atom is 0.249 e. The minimum atomic E-state index is -0.283. The zero-order valence-electron chi connectivity index (χ0n) is 11.5. The summed E-state index contributed by atoms with van der Waals surface area (Å²) in [6, 6.07) is 11.9. The Hall–Kier alpha value is -2.36. The van der Waals surface area contributed by atoms with Gasteiger partial charge >= 0.3 is 0 Å². The lowest BCUT2D eigenvalue weighted by Gasteiger charge is -2.08. The van der Waals surface area contributed by atoms with Crippen molar-refractivity contribution in [1.29, 1.82) is 0 Å². The highest BCUT2D eigenvalue weighted by atomic mass is 16.5. The van der Waals surface area contributed by atoms with E-state index in [1.54, 1.807) is 14.0 Å². The molecule has 1 unspecified atom stereocenters. The molecule has 2 aromatic carbocycles. The predicted molar refractivity (Wildman–Crippen MR) is 79.2 cm³/mol. The van der Waals surface area contributed by atoms with E-state index >= 15 is 0 Å². The third kappa shape index (κ3) is 2.25. The van der Waals surface area contributed by atoms with Gasteiger partial charge in [-0.15, -0.1) is 0 Å². The highest BCUT2D eigenvalue weighted by Gasteiger charge is 2.21. The first-order chi connectivity index (χ1) is 9.67. The van der Waals surface area contributed by atoms with Crippen LogP contribution in [0.25, 0.3) is 10.8 Å². The molecule has 0 saturated carbocycles. The molecule has 0 saturated heterocycles. The van der Waals surface area contributed by atoms with Gasteiger partial charge in [0.05, 0.1) is 7.11 Å². The number of hydrogen-bond donors (Lipinski definition) is 1. The van der Waals surface area contributed by atoms with E-state index in [1.807, 2.05) is 24.3 Å². The van der Waals surface area contributed by atoms with Crippen LogP contribution in [0.5, 0.6) is 5.75 Å². The molecule has 4 nitrogen and oxygen atoms in total. The number of hydrogen-bond acceptors (Lipinski definition) is 3. The van der Waals surface area contributed by atoms with Gasteiger partial charge in [-0.2, -0.15) is 0 Å². The average molecular weight is 268 g/mol. The predicted octanol–water partition coefficient (Wildman–Crippen LogP) is 2.31. The van der Waals surface area contributed by atoms with Crippen LogP contribution in [-0.4, -0.2) is 24.9 Å². The molecule has 0 aliphatic carbocycles. The van der Waals surface area contributed by atoms with Crippen molar-refractivity contribution in [2.45, 2.75) is 19.4 Å². The van der Waals surface area contributed by atoms with Crippen molar-refractivity contribution >= 4 is 22.5 Å². The first-order valence-corrected chi connectivity index (χ1v) is 6.60. The minimum Gasteiger partial charge on any atom is -0.497 e. The molecule has 3 rings (SSSR count). The Kier molecular flexibility index (Phi) is 3.14. The van der Waals surface area contributed by atoms with Gasteiger partial charge in [0, 0.05) is 6.42 Å². The summed E-state index contributed by atoms with van der Waals surface area (Å²) in [6.07, 6.45) is 0.626. The molecule has 2 aromatic rings. The zero-order valence-corrected chi connectivity index (χ0v) is 11.5. The summed E-state index contributed by atoms with van der Waals surface area (Å²) < 4.78 is 5.28. The van der Waals surface area contributed by atoms with Gasteiger partial charge in [-0.05, 0) is 35.4 Å². The molecule has 0 radical (unpaired) electrons. The molecule has 0 bridgehead atoms. The third-order valence-electron chi connectivity index (χ3n) is 3.53. The molecule has 1 heterocycles. The fourth-order valence-corrected chi connectivity index (χ4v) is 2.44. The maximum absolute atomic E-state index is 11.5. The molecule has 1 amide bonds. The molecule has 1 atom stereocenters. The average Bonchev–Trinajstić information content (AvgIpc) is 2.77. The largest absolute Gasteiger partial charge is 0.497 e. The Morgan fingerprint density at radius 3 is 2.85 bits per heavy atom. The number of nitrogens with one attached hydrogen (secondary N) is 1. The highest BCUT2D eigenvalue weighted by molar-refractivity contribution is 6.07. The third-order valence-corrected chi connectivity index (χ3v) is 3.53. The van der Waals surface area contributed by atoms with E-state index in [0.717, 1.165) is 27.9 Å². The van der Waals surface area contributed by atoms with E-state index in [-0.39, 0.29) is 11.9 Å². The Morgan fingerprint density at radius 1 is 1.30 bits per heavy atom. The van der Waals surface area contributed by atoms with Gasteiger partial charge in [-0.1, -0.05) is 24.3 Å². The number of ether oxygens (including phenoxy) is 1. The number of amidine groups is 1. The fraction of sp³-hybridized carbons (Fsp3) is 0.250. The van der Waals surface area contributed by atoms with E-state index in [2.05, 4.69) is 22.4 Å². The van der Waals surface area contributed by atoms with Crippen LogP contribution in [0.1, 0.15) is 12.5 Å². The number of carbonyl (C=O) groups is 1. The van der Waals surface area contributed by atoms with Crippen LogP contribution < -0.4 is 10.1 Å². The van der Waals surface area contributed by atoms with Crippen molar-refractivity contribution in [2.75, 3.05) is 7.11 Å². The van der Waals surface area contributed by atoms with Crippen LogP contribution in [0, 0.1) is 0 Å². The Morgan fingerprint density at radius 2 is 2.15 bits per heavy atom. The summed E-state index contributed by atoms with van der Waals surface area (Å²) in [7, 11) is 1.66. The van der Waals surface area contributed by atoms with Gasteiger partial charge < -0.3 is 10.1 Å². The van der Waals surface area contributed by atoms with Crippen LogP contribution in [-0.2, 0) is 11.2 Å². The van der Waals surface area contributed by atoms with Gasteiger partial charge in [0.25, 0.3) is 0 Å². The first-order valence-electron chi connectivity index (χ1n) is 6.60. The van der Waals surface area contributed by atoms with Gasteiger partial charge in [0.15, 0.2) is 0 Å². The number of nitrogens with zero attached hydrogens (tertiary/aromatic N) is 1. The Labute approximate surface area is 117 Å². The van der Waals surface area contributed by atoms with Crippen LogP contribution in [0.2, 0.25) is 0 Å². The van der Waals surface area contributed by atoms with Gasteiger partial charge in [-0.3, -0.25) is 9.79 Å². The van der Waals surface area contributed by atoms with E-state index in [0.29, 0.717) is 6.42 Å². The quantitative estimate of drug-likeness (QED) is 0.928. The second-order valence-electron chi connectivity index (χ2n) is 4.92. The highest BCUT2D eigenvalue weighted by Crippen LogP contribution is 2.24. The lowest BCUT2D eigenvalue weighted by atomic mass is 10.0. The van der Waals surface area contributed by atoms with Crippen molar-refractivity contribution < 1.29 is 9.53 Å². The first kappa shape index (κ1) is 12.7. The maximum atomic E-state index is 11.5. The summed E-state index contributed by atoms with van der Waals surface area (Å²) in [6.45, 7) is 1.80. The van der Waals surface area contributed by atoms with Crippen LogP contribution in [0.15, 0.2) is 41.4 Å². The lowest BCUT2D eigenvalue weighted by Crippen LogP contribution is -2.28. The van der Waals surface area contributed by atoms with E-state index in [9.17, 15) is 4.79 Å². The second kappa shape index (κ2) is 4.96. The number of aliphatic imine (C=N–C) groups is 1. The number of benzene rings is 2. The molecule has 1 aliphatic rings. The number of rotatable bonds is 3. The SMILES string of the molecule is COc1ccc2cccc(CC3=NC(C)C(=O)N3)c2c1. The van der Waals surface area contributed by atoms with Crippen LogP contribution in [0.4, 0.5) is 0 Å². The van der Waals surface area contributed by atoms with Crippen molar-refractivity contribution in [3.8, 4) is 5.75 Å². The molecule has 4 heteroatoms. The van der Waals surface area contributed by atoms with Crippen molar-refractivity contribution in [3.05, 3.63) is 42.0 Å². The molecule has 102 valence electrons.